The number of aromatic nitrogens is 1. The molecule has 0 spiro atoms. The summed E-state index contributed by atoms with van der Waals surface area (Å²) in [6.07, 6.45) is 1.36. The van der Waals surface area contributed by atoms with Gasteiger partial charge in [0.05, 0.1) is 5.69 Å². The molecule has 1 aliphatic rings. The highest BCUT2D eigenvalue weighted by molar-refractivity contribution is 7.14. The number of nitrogens with one attached hydrogen (secondary N) is 1. The maximum atomic E-state index is 11.4. The Bertz CT molecular complexity index is 432. The third kappa shape index (κ3) is 2.94. The minimum Gasteiger partial charge on any atom is -0.481 e. The van der Waals surface area contributed by atoms with E-state index in [1.165, 1.54) is 11.3 Å². The zero-order valence-corrected chi connectivity index (χ0v) is 10.00. The Morgan fingerprint density at radius 2 is 2.47 bits per heavy atom. The topological polar surface area (TPSA) is 82.5 Å². The molecule has 2 amide bonds. The Morgan fingerprint density at radius 3 is 3.12 bits per heavy atom. The lowest BCUT2D eigenvalue weighted by Crippen LogP contribution is -2.27. The fourth-order valence-corrected chi connectivity index (χ4v) is 2.49. The number of hydrogen-bond acceptors (Lipinski definition) is 4. The summed E-state index contributed by atoms with van der Waals surface area (Å²) in [4.78, 5) is 27.7. The van der Waals surface area contributed by atoms with Gasteiger partial charge in [-0.25, -0.2) is 9.78 Å². The van der Waals surface area contributed by atoms with Gasteiger partial charge >= 0.3 is 12.0 Å². The second kappa shape index (κ2) is 5.13. The lowest BCUT2D eigenvalue weighted by Gasteiger charge is -2.08. The van der Waals surface area contributed by atoms with Gasteiger partial charge in [0.1, 0.15) is 0 Å². The number of carboxylic acid groups (broad SMARTS) is 1. The van der Waals surface area contributed by atoms with Crippen LogP contribution < -0.4 is 10.2 Å². The molecule has 2 heterocycles. The van der Waals surface area contributed by atoms with Crippen LogP contribution in [0.3, 0.4) is 0 Å². The molecule has 1 saturated heterocycles. The van der Waals surface area contributed by atoms with E-state index in [4.69, 9.17) is 5.11 Å². The second-order valence-electron chi connectivity index (χ2n) is 3.75. The first-order valence-electron chi connectivity index (χ1n) is 5.38. The zero-order chi connectivity index (χ0) is 12.3. The molecular weight excluding hydrogens is 242 g/mol. The van der Waals surface area contributed by atoms with Crippen molar-refractivity contribution in [3.63, 3.8) is 0 Å². The number of rotatable bonds is 5. The van der Waals surface area contributed by atoms with Crippen LogP contribution in [-0.2, 0) is 11.2 Å². The van der Waals surface area contributed by atoms with Crippen LogP contribution in [0.4, 0.5) is 9.93 Å². The molecule has 1 aromatic rings. The summed E-state index contributed by atoms with van der Waals surface area (Å²) in [5.41, 5.74) is 0.853. The van der Waals surface area contributed by atoms with Gasteiger partial charge in [0, 0.05) is 24.9 Å². The van der Waals surface area contributed by atoms with E-state index >= 15 is 0 Å². The molecule has 0 aromatic carbocycles. The first-order chi connectivity index (χ1) is 8.16. The molecule has 1 aromatic heterocycles. The Morgan fingerprint density at radius 1 is 1.65 bits per heavy atom. The van der Waals surface area contributed by atoms with Crippen molar-refractivity contribution in [3.8, 4) is 0 Å². The molecule has 0 saturated carbocycles. The summed E-state index contributed by atoms with van der Waals surface area (Å²) in [6.45, 7) is 1.29. The third-order valence-corrected chi connectivity index (χ3v) is 3.36. The third-order valence-electron chi connectivity index (χ3n) is 2.45. The number of urea groups is 1. The van der Waals surface area contributed by atoms with Gasteiger partial charge in [-0.1, -0.05) is 0 Å². The molecule has 0 aliphatic carbocycles. The lowest BCUT2D eigenvalue weighted by atomic mass is 10.2. The Kier molecular flexibility index (Phi) is 3.58. The molecule has 0 bridgehead atoms. The summed E-state index contributed by atoms with van der Waals surface area (Å²) in [7, 11) is 0. The van der Waals surface area contributed by atoms with Crippen LogP contribution in [-0.4, -0.2) is 35.2 Å². The molecule has 1 aliphatic heterocycles. The highest BCUT2D eigenvalue weighted by Crippen LogP contribution is 2.22. The quantitative estimate of drug-likeness (QED) is 0.824. The maximum absolute atomic E-state index is 11.4. The number of anilines is 1. The minimum atomic E-state index is -0.792. The Labute approximate surface area is 102 Å². The van der Waals surface area contributed by atoms with Crippen molar-refractivity contribution in [2.75, 3.05) is 18.0 Å². The van der Waals surface area contributed by atoms with Gasteiger partial charge < -0.3 is 10.4 Å². The highest BCUT2D eigenvalue weighted by atomic mass is 32.1. The Hall–Kier alpha value is -1.63. The molecule has 6 nitrogen and oxygen atoms in total. The van der Waals surface area contributed by atoms with E-state index in [-0.39, 0.29) is 12.5 Å². The van der Waals surface area contributed by atoms with Crippen molar-refractivity contribution in [3.05, 3.63) is 11.1 Å². The van der Waals surface area contributed by atoms with E-state index in [9.17, 15) is 9.59 Å². The van der Waals surface area contributed by atoms with E-state index in [0.29, 0.717) is 31.1 Å². The monoisotopic (exact) mass is 255 g/mol. The molecule has 2 N–H and O–H groups in total. The molecule has 0 radical (unpaired) electrons. The van der Waals surface area contributed by atoms with Crippen LogP contribution in [0.5, 0.6) is 0 Å². The van der Waals surface area contributed by atoms with E-state index in [0.717, 1.165) is 5.69 Å². The SMILES string of the molecule is O=C(O)CCCc1csc(N2CCNC2=O)n1. The van der Waals surface area contributed by atoms with E-state index in [1.807, 2.05) is 5.38 Å². The maximum Gasteiger partial charge on any atom is 0.323 e. The number of nitrogens with zero attached hydrogens (tertiary/aromatic N) is 2. The van der Waals surface area contributed by atoms with Crippen molar-refractivity contribution >= 4 is 28.5 Å². The first-order valence-corrected chi connectivity index (χ1v) is 6.26. The van der Waals surface area contributed by atoms with Crippen molar-refractivity contribution < 1.29 is 14.7 Å². The van der Waals surface area contributed by atoms with Crippen molar-refractivity contribution in [2.45, 2.75) is 19.3 Å². The number of carbonyl (C=O) groups is 2. The highest BCUT2D eigenvalue weighted by Gasteiger charge is 2.23. The van der Waals surface area contributed by atoms with Gasteiger partial charge in [0.2, 0.25) is 0 Å². The van der Waals surface area contributed by atoms with Crippen LogP contribution in [0, 0.1) is 0 Å². The fourth-order valence-electron chi connectivity index (χ4n) is 1.61. The number of amides is 2. The standard InChI is InChI=1S/C10H13N3O3S/c14-8(15)3-1-2-7-6-17-10(12-7)13-5-4-11-9(13)16/h6H,1-5H2,(H,11,16)(H,14,15). The molecular formula is C10H13N3O3S. The van der Waals surface area contributed by atoms with Crippen molar-refractivity contribution in [2.24, 2.45) is 0 Å². The first kappa shape index (κ1) is 11.8. The summed E-state index contributed by atoms with van der Waals surface area (Å²) in [5.74, 6) is -0.792. The van der Waals surface area contributed by atoms with Crippen molar-refractivity contribution in [1.82, 2.24) is 10.3 Å². The van der Waals surface area contributed by atoms with Gasteiger partial charge in [0.15, 0.2) is 5.13 Å². The van der Waals surface area contributed by atoms with Crippen LogP contribution in [0.1, 0.15) is 18.5 Å². The molecule has 17 heavy (non-hydrogen) atoms. The lowest BCUT2D eigenvalue weighted by molar-refractivity contribution is -0.137. The van der Waals surface area contributed by atoms with Crippen LogP contribution in [0.2, 0.25) is 0 Å². The number of aryl methyl sites for hydroxylation is 1. The summed E-state index contributed by atoms with van der Waals surface area (Å²) in [6, 6.07) is -0.114. The number of hydrogen-bond donors (Lipinski definition) is 2. The normalized spacial score (nSPS) is 15.1. The van der Waals surface area contributed by atoms with E-state index in [2.05, 4.69) is 10.3 Å². The van der Waals surface area contributed by atoms with E-state index in [1.54, 1.807) is 4.90 Å². The van der Waals surface area contributed by atoms with Gasteiger partial charge in [-0.3, -0.25) is 9.69 Å². The number of thiazole rings is 1. The molecule has 7 heteroatoms. The van der Waals surface area contributed by atoms with Crippen LogP contribution >= 0.6 is 11.3 Å². The number of aliphatic carboxylic acids is 1. The second-order valence-corrected chi connectivity index (χ2v) is 4.59. The van der Waals surface area contributed by atoms with Gasteiger partial charge in [0.25, 0.3) is 0 Å². The van der Waals surface area contributed by atoms with Crippen LogP contribution in [0.15, 0.2) is 5.38 Å². The van der Waals surface area contributed by atoms with Gasteiger partial charge in [-0.05, 0) is 12.8 Å². The molecule has 1 fully saturated rings. The molecule has 0 atom stereocenters. The van der Waals surface area contributed by atoms with Gasteiger partial charge in [-0.15, -0.1) is 11.3 Å². The van der Waals surface area contributed by atoms with Crippen molar-refractivity contribution in [1.29, 1.82) is 0 Å². The molecule has 92 valence electrons. The molecule has 2 rings (SSSR count). The summed E-state index contributed by atoms with van der Waals surface area (Å²) < 4.78 is 0. The average molecular weight is 255 g/mol. The zero-order valence-electron chi connectivity index (χ0n) is 9.18. The van der Waals surface area contributed by atoms with Crippen LogP contribution in [0.25, 0.3) is 0 Å². The van der Waals surface area contributed by atoms with Gasteiger partial charge in [-0.2, -0.15) is 0 Å². The number of carbonyl (C=O) groups excluding carboxylic acids is 1. The Balaban J connectivity index is 1.91. The van der Waals surface area contributed by atoms with E-state index < -0.39 is 5.97 Å². The predicted octanol–water partition coefficient (Wildman–Crippen LogP) is 1.08. The number of carboxylic acids is 1. The molecule has 0 unspecified atom stereocenters. The summed E-state index contributed by atoms with van der Waals surface area (Å²) >= 11 is 1.42. The summed E-state index contributed by atoms with van der Waals surface area (Å²) in [5, 5.41) is 13.8. The fraction of sp³-hybridized carbons (Fsp3) is 0.500. The minimum absolute atomic E-state index is 0.114. The smallest absolute Gasteiger partial charge is 0.323 e. The largest absolute Gasteiger partial charge is 0.481 e. The predicted molar refractivity (Wildman–Crippen MR) is 63.4 cm³/mol. The average Bonchev–Trinajstić information content (AvgIpc) is 2.86.